The van der Waals surface area contributed by atoms with Gasteiger partial charge in [0.2, 0.25) is 0 Å². The summed E-state index contributed by atoms with van der Waals surface area (Å²) in [7, 11) is 1.21. The molecule has 1 amide bonds. The van der Waals surface area contributed by atoms with E-state index in [1.54, 1.807) is 0 Å². The molecule has 5 nitrogen and oxygen atoms in total. The first-order valence-electron chi connectivity index (χ1n) is 3.16. The smallest absolute Gasteiger partial charge is 0.407 e. The number of hydrogen-bond acceptors (Lipinski definition) is 4. The molecule has 0 spiro atoms. The first kappa shape index (κ1) is 10.2. The molecule has 0 aliphatic carbocycles. The maximum absolute atomic E-state index is 10.6. The van der Waals surface area contributed by atoms with Crippen LogP contribution in [0.1, 0.15) is 6.92 Å². The molecule has 0 saturated heterocycles. The predicted molar refractivity (Wildman–Crippen MR) is 38.1 cm³/mol. The number of hydrogen-bond donors (Lipinski definition) is 3. The van der Waals surface area contributed by atoms with Crippen molar-refractivity contribution in [1.82, 2.24) is 5.32 Å². The minimum Gasteiger partial charge on any atom is -0.453 e. The molecule has 0 aliphatic heterocycles. The Bertz CT molecular complexity index is 133. The van der Waals surface area contributed by atoms with Gasteiger partial charge in [0.1, 0.15) is 0 Å². The van der Waals surface area contributed by atoms with Gasteiger partial charge in [0, 0.05) is 0 Å². The first-order valence-corrected chi connectivity index (χ1v) is 3.16. The van der Waals surface area contributed by atoms with Crippen molar-refractivity contribution >= 4 is 6.09 Å². The van der Waals surface area contributed by atoms with E-state index in [4.69, 9.17) is 10.2 Å². The largest absolute Gasteiger partial charge is 0.453 e. The number of methoxy groups -OCH3 is 1. The average molecular weight is 163 g/mol. The highest BCUT2D eigenvalue weighted by molar-refractivity contribution is 5.68. The summed E-state index contributed by atoms with van der Waals surface area (Å²) in [4.78, 5) is 10.6. The molecule has 0 aromatic rings. The standard InChI is InChI=1S/C6H13NO4/c1-6(3-8,4-9)7-5(10)11-2/h8-9H,3-4H2,1-2H3,(H,7,10). The Balaban J connectivity index is 3.96. The van der Waals surface area contributed by atoms with E-state index in [-0.39, 0.29) is 13.2 Å². The van der Waals surface area contributed by atoms with Gasteiger partial charge in [-0.2, -0.15) is 0 Å². The number of alkyl carbamates (subject to hydrolysis) is 1. The zero-order valence-corrected chi connectivity index (χ0v) is 6.63. The summed E-state index contributed by atoms with van der Waals surface area (Å²) in [5.41, 5.74) is -1.01. The molecule has 0 aliphatic rings. The molecule has 0 radical (unpaired) electrons. The van der Waals surface area contributed by atoms with Crippen LogP contribution in [0.3, 0.4) is 0 Å². The van der Waals surface area contributed by atoms with Crippen LogP contribution >= 0.6 is 0 Å². The summed E-state index contributed by atoms with van der Waals surface area (Å²) in [6.07, 6.45) is -0.671. The highest BCUT2D eigenvalue weighted by atomic mass is 16.5. The molecule has 0 aromatic heterocycles. The van der Waals surface area contributed by atoms with Crippen LogP contribution in [0, 0.1) is 0 Å². The number of aliphatic hydroxyl groups is 2. The van der Waals surface area contributed by atoms with Gasteiger partial charge in [0.25, 0.3) is 0 Å². The van der Waals surface area contributed by atoms with Gasteiger partial charge in [-0.3, -0.25) is 0 Å². The van der Waals surface area contributed by atoms with Gasteiger partial charge in [-0.25, -0.2) is 4.79 Å². The molecule has 66 valence electrons. The van der Waals surface area contributed by atoms with E-state index < -0.39 is 11.6 Å². The van der Waals surface area contributed by atoms with E-state index in [2.05, 4.69) is 10.1 Å². The second-order valence-electron chi connectivity index (χ2n) is 2.49. The van der Waals surface area contributed by atoms with Gasteiger partial charge in [-0.15, -0.1) is 0 Å². The van der Waals surface area contributed by atoms with Crippen molar-refractivity contribution in [2.24, 2.45) is 0 Å². The third-order valence-electron chi connectivity index (χ3n) is 1.29. The average Bonchev–Trinajstić information content (AvgIpc) is 2.04. The van der Waals surface area contributed by atoms with Crippen LogP contribution in [-0.4, -0.2) is 42.2 Å². The first-order chi connectivity index (χ1) is 5.08. The van der Waals surface area contributed by atoms with Crippen LogP contribution in [0.4, 0.5) is 4.79 Å². The molecule has 0 unspecified atom stereocenters. The van der Waals surface area contributed by atoms with Gasteiger partial charge < -0.3 is 20.3 Å². The minimum absolute atomic E-state index is 0.335. The molecule has 0 saturated carbocycles. The van der Waals surface area contributed by atoms with Crippen LogP contribution in [0.15, 0.2) is 0 Å². The fraction of sp³-hybridized carbons (Fsp3) is 0.833. The number of carbonyl (C=O) groups excluding carboxylic acids is 1. The van der Waals surface area contributed by atoms with Gasteiger partial charge in [-0.1, -0.05) is 0 Å². The van der Waals surface area contributed by atoms with E-state index in [1.165, 1.54) is 14.0 Å². The summed E-state index contributed by atoms with van der Waals surface area (Å²) in [5.74, 6) is 0. The van der Waals surface area contributed by atoms with Crippen molar-refractivity contribution in [3.8, 4) is 0 Å². The second kappa shape index (κ2) is 4.15. The molecular weight excluding hydrogens is 150 g/mol. The molecular formula is C6H13NO4. The van der Waals surface area contributed by atoms with E-state index in [0.29, 0.717) is 0 Å². The molecule has 0 fully saturated rings. The maximum Gasteiger partial charge on any atom is 0.407 e. The second-order valence-corrected chi connectivity index (χ2v) is 2.49. The minimum atomic E-state index is -1.01. The highest BCUT2D eigenvalue weighted by Crippen LogP contribution is 2.00. The lowest BCUT2D eigenvalue weighted by atomic mass is 10.1. The third-order valence-corrected chi connectivity index (χ3v) is 1.29. The number of amides is 1. The molecule has 0 aromatic carbocycles. The number of rotatable bonds is 3. The van der Waals surface area contributed by atoms with Gasteiger partial charge in [0.15, 0.2) is 0 Å². The predicted octanol–water partition coefficient (Wildman–Crippen LogP) is -0.914. The van der Waals surface area contributed by atoms with Gasteiger partial charge in [-0.05, 0) is 6.92 Å². The Morgan fingerprint density at radius 2 is 2.00 bits per heavy atom. The molecule has 5 heteroatoms. The Labute approximate surface area is 65.0 Å². The van der Waals surface area contributed by atoms with Crippen molar-refractivity contribution in [3.63, 3.8) is 0 Å². The quantitative estimate of drug-likeness (QED) is 0.503. The number of nitrogens with one attached hydrogen (secondary N) is 1. The molecule has 3 N–H and O–H groups in total. The highest BCUT2D eigenvalue weighted by Gasteiger charge is 2.24. The summed E-state index contributed by atoms with van der Waals surface area (Å²) in [6, 6.07) is 0. The lowest BCUT2D eigenvalue weighted by Gasteiger charge is -2.24. The van der Waals surface area contributed by atoms with Crippen molar-refractivity contribution in [3.05, 3.63) is 0 Å². The van der Waals surface area contributed by atoms with E-state index in [1.807, 2.05) is 0 Å². The maximum atomic E-state index is 10.6. The zero-order chi connectivity index (χ0) is 8.91. The molecule has 0 rings (SSSR count). The summed E-state index contributed by atoms with van der Waals surface area (Å²) >= 11 is 0. The molecule has 0 heterocycles. The Morgan fingerprint density at radius 3 is 2.27 bits per heavy atom. The number of aliphatic hydroxyl groups excluding tert-OH is 2. The van der Waals surface area contributed by atoms with E-state index in [0.717, 1.165) is 0 Å². The SMILES string of the molecule is COC(=O)NC(C)(CO)CO. The normalized spacial score (nSPS) is 10.9. The van der Waals surface area contributed by atoms with Crippen LogP contribution < -0.4 is 5.32 Å². The topological polar surface area (TPSA) is 78.8 Å². The summed E-state index contributed by atoms with van der Waals surface area (Å²) in [5, 5.41) is 19.7. The Hall–Kier alpha value is -0.810. The van der Waals surface area contributed by atoms with E-state index in [9.17, 15) is 4.79 Å². The van der Waals surface area contributed by atoms with Crippen LogP contribution in [0.2, 0.25) is 0 Å². The van der Waals surface area contributed by atoms with E-state index >= 15 is 0 Å². The lowest BCUT2D eigenvalue weighted by Crippen LogP contribution is -2.51. The fourth-order valence-corrected chi connectivity index (χ4v) is 0.426. The molecule has 11 heavy (non-hydrogen) atoms. The van der Waals surface area contributed by atoms with Crippen molar-refractivity contribution in [1.29, 1.82) is 0 Å². The summed E-state index contributed by atoms with van der Waals surface area (Å²) < 4.78 is 4.28. The Kier molecular flexibility index (Phi) is 3.84. The number of ether oxygens (including phenoxy) is 1. The molecule has 0 bridgehead atoms. The third kappa shape index (κ3) is 3.20. The van der Waals surface area contributed by atoms with Crippen LogP contribution in [-0.2, 0) is 4.74 Å². The fourth-order valence-electron chi connectivity index (χ4n) is 0.426. The van der Waals surface area contributed by atoms with Crippen LogP contribution in [0.5, 0.6) is 0 Å². The van der Waals surface area contributed by atoms with Gasteiger partial charge in [0.05, 0.1) is 25.9 Å². The summed E-state index contributed by atoms with van der Waals surface area (Å²) in [6.45, 7) is 0.834. The van der Waals surface area contributed by atoms with Crippen molar-refractivity contribution < 1.29 is 19.7 Å². The number of carbonyl (C=O) groups is 1. The van der Waals surface area contributed by atoms with Crippen molar-refractivity contribution in [2.45, 2.75) is 12.5 Å². The van der Waals surface area contributed by atoms with Gasteiger partial charge >= 0.3 is 6.09 Å². The van der Waals surface area contributed by atoms with Crippen LogP contribution in [0.25, 0.3) is 0 Å². The van der Waals surface area contributed by atoms with Crippen molar-refractivity contribution in [2.75, 3.05) is 20.3 Å². The zero-order valence-electron chi connectivity index (χ0n) is 6.63. The molecule has 0 atom stereocenters. The lowest BCUT2D eigenvalue weighted by molar-refractivity contribution is 0.0918. The Morgan fingerprint density at radius 1 is 1.55 bits per heavy atom. The monoisotopic (exact) mass is 163 g/mol.